The van der Waals surface area contributed by atoms with Gasteiger partial charge < -0.3 is 10.3 Å². The molecule has 3 heteroatoms. The van der Waals surface area contributed by atoms with E-state index in [1.165, 1.54) is 11.1 Å². The van der Waals surface area contributed by atoms with Crippen molar-refractivity contribution in [2.24, 2.45) is 5.73 Å². The van der Waals surface area contributed by atoms with Gasteiger partial charge in [0.1, 0.15) is 5.82 Å². The summed E-state index contributed by atoms with van der Waals surface area (Å²) >= 11 is 0. The van der Waals surface area contributed by atoms with Gasteiger partial charge in [0, 0.05) is 6.54 Å². The van der Waals surface area contributed by atoms with Crippen LogP contribution in [0.4, 0.5) is 0 Å². The number of hydrogen-bond acceptors (Lipinski definition) is 2. The van der Waals surface area contributed by atoms with E-state index in [-0.39, 0.29) is 6.04 Å². The van der Waals surface area contributed by atoms with Crippen LogP contribution < -0.4 is 5.73 Å². The first-order valence-corrected chi connectivity index (χ1v) is 4.98. The molecule has 1 aromatic carbocycles. The number of rotatable bonds is 0. The molecule has 0 spiro atoms. The zero-order valence-electron chi connectivity index (χ0n) is 8.20. The van der Waals surface area contributed by atoms with Crippen LogP contribution in [0.2, 0.25) is 0 Å². The molecule has 0 saturated heterocycles. The van der Waals surface area contributed by atoms with E-state index in [0.29, 0.717) is 0 Å². The van der Waals surface area contributed by atoms with Crippen LogP contribution in [0.5, 0.6) is 0 Å². The molecule has 1 aliphatic heterocycles. The van der Waals surface area contributed by atoms with Crippen molar-refractivity contribution in [2.75, 3.05) is 0 Å². The fourth-order valence-electron chi connectivity index (χ4n) is 2.17. The van der Waals surface area contributed by atoms with Crippen LogP contribution in [0.15, 0.2) is 18.2 Å². The summed E-state index contributed by atoms with van der Waals surface area (Å²) in [6.45, 7) is 3.12. The Bertz CT molecular complexity index is 498. The van der Waals surface area contributed by atoms with E-state index in [4.69, 9.17) is 5.73 Å². The lowest BCUT2D eigenvalue weighted by Crippen LogP contribution is -2.06. The number of nitrogens with two attached hydrogens (primary N) is 1. The molecule has 2 heterocycles. The highest BCUT2D eigenvalue weighted by molar-refractivity contribution is 5.77. The molecule has 2 aromatic rings. The van der Waals surface area contributed by atoms with Gasteiger partial charge in [-0.1, -0.05) is 6.07 Å². The average Bonchev–Trinajstić information content (AvgIpc) is 2.67. The van der Waals surface area contributed by atoms with Gasteiger partial charge in [-0.25, -0.2) is 4.98 Å². The second-order valence-electron chi connectivity index (χ2n) is 4.01. The topological polar surface area (TPSA) is 43.8 Å². The molecule has 0 amide bonds. The average molecular weight is 187 g/mol. The van der Waals surface area contributed by atoms with Gasteiger partial charge in [0.05, 0.1) is 17.1 Å². The highest BCUT2D eigenvalue weighted by Gasteiger charge is 2.22. The first-order chi connectivity index (χ1) is 6.75. The van der Waals surface area contributed by atoms with E-state index in [9.17, 15) is 0 Å². The summed E-state index contributed by atoms with van der Waals surface area (Å²) in [4.78, 5) is 4.55. The first kappa shape index (κ1) is 8.00. The summed E-state index contributed by atoms with van der Waals surface area (Å²) in [5, 5.41) is 0. The fraction of sp³-hybridized carbons (Fsp3) is 0.364. The van der Waals surface area contributed by atoms with Gasteiger partial charge in [-0.2, -0.15) is 0 Å². The van der Waals surface area contributed by atoms with Crippen LogP contribution in [0.1, 0.15) is 23.9 Å². The highest BCUT2D eigenvalue weighted by Crippen LogP contribution is 2.28. The SMILES string of the molecule is Cc1ccc2nc3n(c2c1)CCC3N. The van der Waals surface area contributed by atoms with Gasteiger partial charge in [0.2, 0.25) is 0 Å². The molecule has 2 N–H and O–H groups in total. The Morgan fingerprint density at radius 1 is 1.50 bits per heavy atom. The van der Waals surface area contributed by atoms with Gasteiger partial charge in [-0.15, -0.1) is 0 Å². The highest BCUT2D eigenvalue weighted by atomic mass is 15.1. The Hall–Kier alpha value is -1.35. The quantitative estimate of drug-likeness (QED) is 0.682. The Labute approximate surface area is 82.5 Å². The Morgan fingerprint density at radius 2 is 2.36 bits per heavy atom. The molecular formula is C11H13N3. The summed E-state index contributed by atoms with van der Waals surface area (Å²) in [7, 11) is 0. The first-order valence-electron chi connectivity index (χ1n) is 4.98. The van der Waals surface area contributed by atoms with Crippen molar-refractivity contribution in [3.63, 3.8) is 0 Å². The maximum atomic E-state index is 5.96. The van der Waals surface area contributed by atoms with Gasteiger partial charge in [-0.05, 0) is 31.0 Å². The Morgan fingerprint density at radius 3 is 3.21 bits per heavy atom. The molecule has 0 radical (unpaired) electrons. The van der Waals surface area contributed by atoms with Crippen LogP contribution in [0.3, 0.4) is 0 Å². The van der Waals surface area contributed by atoms with Gasteiger partial charge >= 0.3 is 0 Å². The summed E-state index contributed by atoms with van der Waals surface area (Å²) in [6.07, 6.45) is 1.02. The normalized spacial score (nSPS) is 20.3. The molecule has 0 saturated carbocycles. The van der Waals surface area contributed by atoms with E-state index in [1.54, 1.807) is 0 Å². The van der Waals surface area contributed by atoms with Gasteiger partial charge in [0.15, 0.2) is 0 Å². The van der Waals surface area contributed by atoms with Crippen molar-refractivity contribution in [1.29, 1.82) is 0 Å². The molecule has 3 rings (SSSR count). The number of imidazole rings is 1. The molecule has 0 aliphatic carbocycles. The van der Waals surface area contributed by atoms with Crippen LogP contribution in [0, 0.1) is 6.92 Å². The number of hydrogen-bond donors (Lipinski definition) is 1. The largest absolute Gasteiger partial charge is 0.327 e. The maximum Gasteiger partial charge on any atom is 0.126 e. The summed E-state index contributed by atoms with van der Waals surface area (Å²) in [5.41, 5.74) is 9.54. The number of aromatic nitrogens is 2. The van der Waals surface area contributed by atoms with E-state index in [1.807, 2.05) is 0 Å². The second kappa shape index (κ2) is 2.58. The van der Waals surface area contributed by atoms with Crippen molar-refractivity contribution in [3.05, 3.63) is 29.6 Å². The molecule has 3 nitrogen and oxygen atoms in total. The third-order valence-electron chi connectivity index (χ3n) is 2.93. The van der Waals surface area contributed by atoms with Crippen molar-refractivity contribution >= 4 is 11.0 Å². The number of nitrogens with zero attached hydrogens (tertiary/aromatic N) is 2. The van der Waals surface area contributed by atoms with Crippen LogP contribution in [-0.4, -0.2) is 9.55 Å². The molecule has 1 aromatic heterocycles. The molecule has 1 unspecified atom stereocenters. The minimum atomic E-state index is 0.128. The fourth-order valence-corrected chi connectivity index (χ4v) is 2.17. The number of fused-ring (bicyclic) bond motifs is 3. The van der Waals surface area contributed by atoms with E-state index in [2.05, 4.69) is 34.7 Å². The minimum absolute atomic E-state index is 0.128. The molecular weight excluding hydrogens is 174 g/mol. The maximum absolute atomic E-state index is 5.96. The molecule has 1 aliphatic rings. The number of benzene rings is 1. The predicted molar refractivity (Wildman–Crippen MR) is 56.0 cm³/mol. The Balaban J connectivity index is 2.36. The smallest absolute Gasteiger partial charge is 0.126 e. The number of aryl methyl sites for hydroxylation is 2. The summed E-state index contributed by atoms with van der Waals surface area (Å²) in [6, 6.07) is 6.48. The summed E-state index contributed by atoms with van der Waals surface area (Å²) < 4.78 is 2.24. The van der Waals surface area contributed by atoms with E-state index < -0.39 is 0 Å². The van der Waals surface area contributed by atoms with Crippen molar-refractivity contribution in [2.45, 2.75) is 25.9 Å². The standard InChI is InChI=1S/C11H13N3/c1-7-2-3-9-10(6-7)14-5-4-8(12)11(14)13-9/h2-3,6,8H,4-5,12H2,1H3. The van der Waals surface area contributed by atoms with E-state index >= 15 is 0 Å². The lowest BCUT2D eigenvalue weighted by molar-refractivity contribution is 0.685. The predicted octanol–water partition coefficient (Wildman–Crippen LogP) is 1.75. The van der Waals surface area contributed by atoms with Crippen LogP contribution >= 0.6 is 0 Å². The molecule has 0 fully saturated rings. The molecule has 0 bridgehead atoms. The molecule has 1 atom stereocenters. The van der Waals surface area contributed by atoms with Crippen molar-refractivity contribution in [3.8, 4) is 0 Å². The monoisotopic (exact) mass is 187 g/mol. The van der Waals surface area contributed by atoms with Crippen molar-refractivity contribution in [1.82, 2.24) is 9.55 Å². The zero-order valence-corrected chi connectivity index (χ0v) is 8.20. The third-order valence-corrected chi connectivity index (χ3v) is 2.93. The second-order valence-corrected chi connectivity index (χ2v) is 4.01. The van der Waals surface area contributed by atoms with Gasteiger partial charge in [0.25, 0.3) is 0 Å². The van der Waals surface area contributed by atoms with Crippen LogP contribution in [-0.2, 0) is 6.54 Å². The van der Waals surface area contributed by atoms with Crippen LogP contribution in [0.25, 0.3) is 11.0 Å². The lowest BCUT2D eigenvalue weighted by Gasteiger charge is -1.98. The van der Waals surface area contributed by atoms with E-state index in [0.717, 1.165) is 24.3 Å². The lowest BCUT2D eigenvalue weighted by atomic mass is 10.2. The Kier molecular flexibility index (Phi) is 1.47. The van der Waals surface area contributed by atoms with Gasteiger partial charge in [-0.3, -0.25) is 0 Å². The van der Waals surface area contributed by atoms with Crippen molar-refractivity contribution < 1.29 is 0 Å². The molecule has 72 valence electrons. The summed E-state index contributed by atoms with van der Waals surface area (Å²) in [5.74, 6) is 1.05. The minimum Gasteiger partial charge on any atom is -0.327 e. The zero-order chi connectivity index (χ0) is 9.71. The molecule has 14 heavy (non-hydrogen) atoms. The third kappa shape index (κ3) is 0.930.